The quantitative estimate of drug-likeness (QED) is 0.268. The van der Waals surface area contributed by atoms with E-state index in [9.17, 15) is 4.79 Å². The second kappa shape index (κ2) is 9.27. The number of rotatable bonds is 6. The largest absolute Gasteiger partial charge is 0.353 e. The first kappa shape index (κ1) is 23.1. The molecule has 6 rings (SSSR count). The Morgan fingerprint density at radius 3 is 2.76 bits per heavy atom. The highest BCUT2D eigenvalue weighted by Gasteiger charge is 2.16. The second-order valence-electron chi connectivity index (χ2n) is 9.27. The third-order valence-electron chi connectivity index (χ3n) is 6.11. The molecule has 0 fully saturated rings. The zero-order chi connectivity index (χ0) is 25.5. The van der Waals surface area contributed by atoms with E-state index in [-0.39, 0.29) is 5.91 Å². The number of likely N-dealkylation sites (N-methyl/N-ethyl adjacent to an activating group) is 1. The number of pyridine rings is 2. The summed E-state index contributed by atoms with van der Waals surface area (Å²) in [4.78, 5) is 29.3. The van der Waals surface area contributed by atoms with Gasteiger partial charge in [0, 0.05) is 38.0 Å². The lowest BCUT2D eigenvalue weighted by atomic mass is 10.1. The Bertz CT molecular complexity index is 1760. The molecule has 3 N–H and O–H groups in total. The normalized spacial score (nSPS) is 11.6. The van der Waals surface area contributed by atoms with Crippen molar-refractivity contribution in [3.8, 4) is 33.1 Å². The number of fused-ring (bicyclic) bond motifs is 2. The summed E-state index contributed by atoms with van der Waals surface area (Å²) in [6.45, 7) is 2.42. The first-order valence-corrected chi connectivity index (χ1v) is 12.7. The van der Waals surface area contributed by atoms with Crippen LogP contribution in [-0.4, -0.2) is 56.6 Å². The van der Waals surface area contributed by atoms with E-state index in [1.165, 1.54) is 15.3 Å². The minimum absolute atomic E-state index is 0.0969. The van der Waals surface area contributed by atoms with Crippen LogP contribution in [-0.2, 0) is 4.79 Å². The molecule has 1 amide bonds. The summed E-state index contributed by atoms with van der Waals surface area (Å²) in [7, 11) is 3.71. The van der Waals surface area contributed by atoms with Gasteiger partial charge < -0.3 is 15.2 Å². The van der Waals surface area contributed by atoms with Crippen LogP contribution in [0.3, 0.4) is 0 Å². The van der Waals surface area contributed by atoms with Crippen LogP contribution in [0, 0.1) is 6.92 Å². The molecule has 37 heavy (non-hydrogen) atoms. The molecule has 0 radical (unpaired) electrons. The number of anilines is 1. The van der Waals surface area contributed by atoms with Gasteiger partial charge in [0.15, 0.2) is 0 Å². The first-order chi connectivity index (χ1) is 17.9. The summed E-state index contributed by atoms with van der Waals surface area (Å²) in [6, 6.07) is 18.5. The fraction of sp³-hybridized carbons (Fsp3) is 0.143. The van der Waals surface area contributed by atoms with Crippen molar-refractivity contribution in [3.63, 3.8) is 0 Å². The molecule has 8 nitrogen and oxygen atoms in total. The molecule has 1 aromatic carbocycles. The van der Waals surface area contributed by atoms with Crippen LogP contribution in [0.5, 0.6) is 0 Å². The van der Waals surface area contributed by atoms with E-state index in [0.717, 1.165) is 44.6 Å². The minimum atomic E-state index is -0.0969. The van der Waals surface area contributed by atoms with Gasteiger partial charge >= 0.3 is 0 Å². The highest BCUT2D eigenvalue weighted by atomic mass is 32.1. The molecular formula is C28H25N7OS. The molecule has 9 heteroatoms. The number of nitrogens with one attached hydrogen (secondary N) is 3. The molecule has 0 saturated carbocycles. The third kappa shape index (κ3) is 4.50. The SMILES string of the molecule is Cc1ccc(-c2cccc3[nH]c(-c4n[nH]c5ccc(-c6cncc(NC(=O)CN(C)C)c6)nc45)cc23)s1. The van der Waals surface area contributed by atoms with Gasteiger partial charge in [-0.15, -0.1) is 11.3 Å². The molecule has 0 spiro atoms. The van der Waals surface area contributed by atoms with Gasteiger partial charge in [0.1, 0.15) is 11.2 Å². The Morgan fingerprint density at radius 1 is 1.05 bits per heavy atom. The van der Waals surface area contributed by atoms with Crippen LogP contribution in [0.2, 0.25) is 0 Å². The fourth-order valence-corrected chi connectivity index (χ4v) is 5.37. The monoisotopic (exact) mass is 507 g/mol. The summed E-state index contributed by atoms with van der Waals surface area (Å²) in [5.41, 5.74) is 7.70. The molecule has 5 aromatic heterocycles. The van der Waals surface area contributed by atoms with Crippen molar-refractivity contribution in [1.82, 2.24) is 30.0 Å². The average molecular weight is 508 g/mol. The summed E-state index contributed by atoms with van der Waals surface area (Å²) < 4.78 is 0. The molecule has 0 unspecified atom stereocenters. The average Bonchev–Trinajstić information content (AvgIpc) is 3.60. The van der Waals surface area contributed by atoms with Crippen LogP contribution >= 0.6 is 11.3 Å². The number of carbonyl (C=O) groups excluding carboxylic acids is 1. The highest BCUT2D eigenvalue weighted by Crippen LogP contribution is 2.36. The number of aromatic amines is 2. The second-order valence-corrected chi connectivity index (χ2v) is 10.6. The lowest BCUT2D eigenvalue weighted by molar-refractivity contribution is -0.116. The number of aryl methyl sites for hydroxylation is 1. The van der Waals surface area contributed by atoms with E-state index in [1.54, 1.807) is 23.7 Å². The zero-order valence-corrected chi connectivity index (χ0v) is 21.5. The van der Waals surface area contributed by atoms with Gasteiger partial charge in [-0.3, -0.25) is 14.9 Å². The van der Waals surface area contributed by atoms with Crippen LogP contribution in [0.25, 0.3) is 55.0 Å². The molecule has 6 aromatic rings. The molecule has 0 atom stereocenters. The summed E-state index contributed by atoms with van der Waals surface area (Å²) in [6.07, 6.45) is 3.38. The third-order valence-corrected chi connectivity index (χ3v) is 7.14. The molecule has 5 heterocycles. The number of benzene rings is 1. The predicted molar refractivity (Wildman–Crippen MR) is 150 cm³/mol. The molecule has 0 aliphatic heterocycles. The number of hydrogen-bond acceptors (Lipinski definition) is 6. The van der Waals surface area contributed by atoms with Crippen molar-refractivity contribution in [2.45, 2.75) is 6.92 Å². The maximum absolute atomic E-state index is 12.2. The Labute approximate surface area is 217 Å². The molecule has 0 aliphatic rings. The van der Waals surface area contributed by atoms with Crippen LogP contribution in [0.1, 0.15) is 4.88 Å². The molecular weight excluding hydrogens is 482 g/mol. The first-order valence-electron chi connectivity index (χ1n) is 11.9. The van der Waals surface area contributed by atoms with Crippen LogP contribution in [0.4, 0.5) is 5.69 Å². The van der Waals surface area contributed by atoms with Gasteiger partial charge in [-0.25, -0.2) is 4.98 Å². The van der Waals surface area contributed by atoms with Gasteiger partial charge in [0.05, 0.1) is 35.3 Å². The van der Waals surface area contributed by atoms with Gasteiger partial charge in [0.25, 0.3) is 0 Å². The van der Waals surface area contributed by atoms with E-state index in [4.69, 9.17) is 4.98 Å². The number of hydrogen-bond donors (Lipinski definition) is 3. The van der Waals surface area contributed by atoms with E-state index >= 15 is 0 Å². The zero-order valence-electron chi connectivity index (χ0n) is 20.7. The highest BCUT2D eigenvalue weighted by molar-refractivity contribution is 7.15. The van der Waals surface area contributed by atoms with Gasteiger partial charge in [-0.1, -0.05) is 12.1 Å². The predicted octanol–water partition coefficient (Wildman–Crippen LogP) is 5.71. The summed E-state index contributed by atoms with van der Waals surface area (Å²) in [5, 5.41) is 11.7. The number of carbonyl (C=O) groups is 1. The number of thiophene rings is 1. The standard InChI is InChI=1S/C28H25N7OS/c1-16-7-10-25(37-16)19-5-4-6-22-20(19)12-24(31-22)28-27-23(33-34-28)9-8-21(32-27)17-11-18(14-29-13-17)30-26(36)15-35(2)3/h4-14,31H,15H2,1-3H3,(H,30,36)(H,33,34). The van der Waals surface area contributed by atoms with Gasteiger partial charge in [-0.05, 0) is 63.5 Å². The van der Waals surface area contributed by atoms with Crippen molar-refractivity contribution in [1.29, 1.82) is 0 Å². The number of nitrogens with zero attached hydrogens (tertiary/aromatic N) is 4. The number of aromatic nitrogens is 5. The fourth-order valence-electron chi connectivity index (χ4n) is 4.46. The van der Waals surface area contributed by atoms with E-state index in [1.807, 2.05) is 37.2 Å². The van der Waals surface area contributed by atoms with Gasteiger partial charge in [-0.2, -0.15) is 5.10 Å². The van der Waals surface area contributed by atoms with Crippen molar-refractivity contribution in [3.05, 3.63) is 71.9 Å². The van der Waals surface area contributed by atoms with Gasteiger partial charge in [0.2, 0.25) is 5.91 Å². The smallest absolute Gasteiger partial charge is 0.238 e. The van der Waals surface area contributed by atoms with E-state index in [0.29, 0.717) is 12.2 Å². The maximum Gasteiger partial charge on any atom is 0.238 e. The van der Waals surface area contributed by atoms with Crippen molar-refractivity contribution < 1.29 is 4.79 Å². The van der Waals surface area contributed by atoms with Crippen molar-refractivity contribution in [2.24, 2.45) is 0 Å². The topological polar surface area (TPSA) is 103 Å². The number of H-pyrrole nitrogens is 2. The maximum atomic E-state index is 12.2. The Morgan fingerprint density at radius 2 is 1.95 bits per heavy atom. The minimum Gasteiger partial charge on any atom is -0.353 e. The lowest BCUT2D eigenvalue weighted by Gasteiger charge is -2.10. The summed E-state index contributed by atoms with van der Waals surface area (Å²) in [5.74, 6) is -0.0969. The lowest BCUT2D eigenvalue weighted by Crippen LogP contribution is -2.27. The van der Waals surface area contributed by atoms with Crippen LogP contribution < -0.4 is 5.32 Å². The Kier molecular flexibility index (Phi) is 5.78. The molecule has 0 aliphatic carbocycles. The van der Waals surface area contributed by atoms with E-state index in [2.05, 4.69) is 68.8 Å². The summed E-state index contributed by atoms with van der Waals surface area (Å²) >= 11 is 1.79. The Balaban J connectivity index is 1.38. The van der Waals surface area contributed by atoms with E-state index < -0.39 is 0 Å². The van der Waals surface area contributed by atoms with Crippen molar-refractivity contribution in [2.75, 3.05) is 26.0 Å². The van der Waals surface area contributed by atoms with Crippen molar-refractivity contribution >= 4 is 44.9 Å². The molecule has 0 bridgehead atoms. The molecule has 0 saturated heterocycles. The van der Waals surface area contributed by atoms with Crippen LogP contribution in [0.15, 0.2) is 67.0 Å². The molecule has 184 valence electrons. The Hall–Kier alpha value is -4.34. The number of amides is 1.